The molecule has 5 heteroatoms. The van der Waals surface area contributed by atoms with Crippen molar-refractivity contribution in [2.45, 2.75) is 38.4 Å². The molecule has 1 aromatic carbocycles. The monoisotopic (exact) mass is 353 g/mol. The Morgan fingerprint density at radius 3 is 2.68 bits per heavy atom. The summed E-state index contributed by atoms with van der Waals surface area (Å²) in [6.07, 6.45) is 2.99. The fraction of sp³-hybridized carbons (Fsp3) is 0.400. The molecule has 4 rings (SSSR count). The average molecular weight is 353 g/mol. The van der Waals surface area contributed by atoms with Gasteiger partial charge in [-0.3, -0.25) is 9.98 Å². The molecule has 0 unspecified atom stereocenters. The molecule has 3 heterocycles. The van der Waals surface area contributed by atoms with Crippen LogP contribution in [-0.4, -0.2) is 33.5 Å². The Labute approximate surface area is 153 Å². The number of ether oxygens (including phenoxy) is 1. The van der Waals surface area contributed by atoms with Crippen LogP contribution in [0.15, 0.2) is 53.7 Å². The van der Waals surface area contributed by atoms with Crippen molar-refractivity contribution >= 4 is 16.9 Å². The number of hydrogen-bond acceptors (Lipinski definition) is 5. The van der Waals surface area contributed by atoms with E-state index in [2.05, 4.69) is 47.1 Å². The van der Waals surface area contributed by atoms with E-state index in [4.69, 9.17) is 9.73 Å². The molecule has 0 saturated carbocycles. The van der Waals surface area contributed by atoms with Crippen molar-refractivity contribution in [2.75, 3.05) is 12.4 Å². The van der Waals surface area contributed by atoms with Gasteiger partial charge in [0.1, 0.15) is 11.8 Å². The first-order chi connectivity index (χ1) is 12.3. The van der Waals surface area contributed by atoms with Crippen LogP contribution in [-0.2, 0) is 0 Å². The van der Waals surface area contributed by atoms with Crippen molar-refractivity contribution in [1.29, 1.82) is 0 Å². The summed E-state index contributed by atoms with van der Waals surface area (Å²) in [7, 11) is 0. The largest absolute Gasteiger partial charge is 0.494 e. The average Bonchev–Trinajstić information content (AvgIpc) is 3.22. The van der Waals surface area contributed by atoms with E-state index in [9.17, 15) is 0 Å². The second kappa shape index (κ2) is 7.08. The van der Waals surface area contributed by atoms with Gasteiger partial charge in [0.2, 0.25) is 0 Å². The molecule has 4 nitrogen and oxygen atoms in total. The molecule has 3 atom stereocenters. The van der Waals surface area contributed by atoms with Crippen molar-refractivity contribution in [2.24, 2.45) is 4.99 Å². The second-order valence-electron chi connectivity index (χ2n) is 6.34. The highest BCUT2D eigenvalue weighted by molar-refractivity contribution is 8.14. The molecule has 2 aliphatic rings. The van der Waals surface area contributed by atoms with Crippen LogP contribution >= 0.6 is 11.8 Å². The molecule has 0 aliphatic carbocycles. The number of rotatable bonds is 5. The lowest BCUT2D eigenvalue weighted by atomic mass is 9.95. The number of fused-ring (bicyclic) bond motifs is 1. The molecule has 0 amide bonds. The number of benzene rings is 1. The normalized spacial score (nSPS) is 25.0. The summed E-state index contributed by atoms with van der Waals surface area (Å²) in [5.41, 5.74) is 2.32. The van der Waals surface area contributed by atoms with E-state index in [1.54, 1.807) is 0 Å². The van der Waals surface area contributed by atoms with Gasteiger partial charge in [-0.15, -0.1) is 0 Å². The van der Waals surface area contributed by atoms with Gasteiger partial charge in [-0.05, 0) is 43.2 Å². The molecule has 2 aliphatic heterocycles. The minimum absolute atomic E-state index is 0.0518. The zero-order valence-electron chi connectivity index (χ0n) is 14.6. The van der Waals surface area contributed by atoms with Crippen LogP contribution in [0.5, 0.6) is 5.75 Å². The lowest BCUT2D eigenvalue weighted by Crippen LogP contribution is -2.35. The van der Waals surface area contributed by atoms with Gasteiger partial charge in [0.05, 0.1) is 18.3 Å². The van der Waals surface area contributed by atoms with Gasteiger partial charge in [-0.1, -0.05) is 36.9 Å². The summed E-state index contributed by atoms with van der Waals surface area (Å²) in [5.74, 6) is 2.04. The van der Waals surface area contributed by atoms with Crippen LogP contribution in [0, 0.1) is 0 Å². The van der Waals surface area contributed by atoms with Crippen molar-refractivity contribution in [1.82, 2.24) is 9.88 Å². The SMILES string of the molecule is CCOc1ccc([C@H]2[C@H](c3ccccn3)N=C3SC[C@@H](CC)N32)cc1. The molecule has 25 heavy (non-hydrogen) atoms. The number of aromatic nitrogens is 1. The molecule has 130 valence electrons. The van der Waals surface area contributed by atoms with E-state index in [0.29, 0.717) is 12.6 Å². The number of amidine groups is 1. The predicted molar refractivity (Wildman–Crippen MR) is 103 cm³/mol. The van der Waals surface area contributed by atoms with Crippen molar-refractivity contribution in [3.05, 3.63) is 59.9 Å². The van der Waals surface area contributed by atoms with Crippen LogP contribution in [0.3, 0.4) is 0 Å². The number of hydrogen-bond donors (Lipinski definition) is 0. The maximum Gasteiger partial charge on any atom is 0.160 e. The van der Waals surface area contributed by atoms with Gasteiger partial charge >= 0.3 is 0 Å². The smallest absolute Gasteiger partial charge is 0.160 e. The van der Waals surface area contributed by atoms with E-state index < -0.39 is 0 Å². The number of pyridine rings is 1. The van der Waals surface area contributed by atoms with Crippen LogP contribution in [0.25, 0.3) is 0 Å². The van der Waals surface area contributed by atoms with Crippen LogP contribution in [0.2, 0.25) is 0 Å². The van der Waals surface area contributed by atoms with Crippen molar-refractivity contribution in [3.63, 3.8) is 0 Å². The highest BCUT2D eigenvalue weighted by Crippen LogP contribution is 2.48. The molecule has 1 saturated heterocycles. The Hall–Kier alpha value is -2.01. The van der Waals surface area contributed by atoms with Gasteiger partial charge in [0.15, 0.2) is 5.17 Å². The molecule has 0 radical (unpaired) electrons. The van der Waals surface area contributed by atoms with Gasteiger partial charge in [-0.2, -0.15) is 0 Å². The second-order valence-corrected chi connectivity index (χ2v) is 7.33. The van der Waals surface area contributed by atoms with E-state index in [1.165, 1.54) is 10.7 Å². The minimum atomic E-state index is 0.0518. The van der Waals surface area contributed by atoms with Crippen LogP contribution < -0.4 is 4.74 Å². The van der Waals surface area contributed by atoms with Crippen LogP contribution in [0.4, 0.5) is 0 Å². The Morgan fingerprint density at radius 1 is 1.16 bits per heavy atom. The maximum absolute atomic E-state index is 5.61. The van der Waals surface area contributed by atoms with E-state index in [-0.39, 0.29) is 12.1 Å². The predicted octanol–water partition coefficient (Wildman–Crippen LogP) is 4.46. The Bertz CT molecular complexity index is 747. The molecule has 1 fully saturated rings. The topological polar surface area (TPSA) is 37.7 Å². The Balaban J connectivity index is 1.72. The minimum Gasteiger partial charge on any atom is -0.494 e. The molecular weight excluding hydrogens is 330 g/mol. The van der Waals surface area contributed by atoms with Gasteiger partial charge in [0, 0.05) is 18.0 Å². The summed E-state index contributed by atoms with van der Waals surface area (Å²) in [6, 6.07) is 15.4. The summed E-state index contributed by atoms with van der Waals surface area (Å²) in [6.45, 7) is 4.96. The van der Waals surface area contributed by atoms with Crippen molar-refractivity contribution in [3.8, 4) is 5.75 Å². The zero-order valence-corrected chi connectivity index (χ0v) is 15.4. The molecular formula is C20H23N3OS. The Kier molecular flexibility index (Phi) is 4.66. The van der Waals surface area contributed by atoms with Crippen LogP contribution in [0.1, 0.15) is 43.6 Å². The first-order valence-electron chi connectivity index (χ1n) is 8.94. The highest BCUT2D eigenvalue weighted by Gasteiger charge is 2.45. The summed E-state index contributed by atoms with van der Waals surface area (Å²) >= 11 is 1.88. The maximum atomic E-state index is 5.61. The molecule has 0 N–H and O–H groups in total. The quantitative estimate of drug-likeness (QED) is 0.795. The fourth-order valence-corrected chi connectivity index (χ4v) is 4.98. The van der Waals surface area contributed by atoms with E-state index in [0.717, 1.165) is 23.6 Å². The summed E-state index contributed by atoms with van der Waals surface area (Å²) in [4.78, 5) is 12.2. The van der Waals surface area contributed by atoms with Crippen molar-refractivity contribution < 1.29 is 4.74 Å². The first-order valence-corrected chi connectivity index (χ1v) is 9.93. The van der Waals surface area contributed by atoms with E-state index >= 15 is 0 Å². The summed E-state index contributed by atoms with van der Waals surface area (Å²) < 4.78 is 5.61. The first kappa shape index (κ1) is 16.5. The van der Waals surface area contributed by atoms with Gasteiger partial charge in [-0.25, -0.2) is 0 Å². The van der Waals surface area contributed by atoms with Gasteiger partial charge in [0.25, 0.3) is 0 Å². The molecule has 2 aromatic rings. The highest BCUT2D eigenvalue weighted by atomic mass is 32.2. The molecule has 0 bridgehead atoms. The Morgan fingerprint density at radius 2 is 2.00 bits per heavy atom. The standard InChI is InChI=1S/C20H23N3OS/c1-3-15-13-25-20-22-18(17-7-5-6-12-21-17)19(23(15)20)14-8-10-16(11-9-14)24-4-2/h5-12,15,18-19H,3-4,13H2,1-2H3/t15-,18+,19+/m1/s1. The third-order valence-corrected chi connectivity index (χ3v) is 5.99. The molecule has 0 spiro atoms. The van der Waals surface area contributed by atoms with Gasteiger partial charge < -0.3 is 9.64 Å². The zero-order chi connectivity index (χ0) is 17.2. The number of nitrogens with zero attached hydrogens (tertiary/aromatic N) is 3. The lowest BCUT2D eigenvalue weighted by molar-refractivity contribution is 0.255. The number of aliphatic imine (C=N–C) groups is 1. The fourth-order valence-electron chi connectivity index (χ4n) is 3.64. The lowest BCUT2D eigenvalue weighted by Gasteiger charge is -2.32. The summed E-state index contributed by atoms with van der Waals surface area (Å²) in [5, 5.41) is 1.17. The third kappa shape index (κ3) is 3.01. The molecule has 1 aromatic heterocycles. The third-order valence-electron chi connectivity index (χ3n) is 4.86. The van der Waals surface area contributed by atoms with E-state index in [1.807, 2.05) is 37.0 Å². The number of thioether (sulfide) groups is 1.